The van der Waals surface area contributed by atoms with E-state index in [1.165, 1.54) is 12.8 Å². The zero-order valence-corrected chi connectivity index (χ0v) is 7.90. The second-order valence-corrected chi connectivity index (χ2v) is 3.86. The Morgan fingerprint density at radius 3 is 2.93 bits per heavy atom. The monoisotopic (exact) mass is 188 g/mol. The van der Waals surface area contributed by atoms with Crippen LogP contribution < -0.4 is 4.74 Å². The molecule has 0 bridgehead atoms. The van der Waals surface area contributed by atoms with Crippen molar-refractivity contribution in [2.75, 3.05) is 6.61 Å². The zero-order valence-electron chi connectivity index (χ0n) is 7.90. The average molecular weight is 188 g/mol. The third-order valence-corrected chi connectivity index (χ3v) is 2.56. The Morgan fingerprint density at radius 2 is 2.14 bits per heavy atom. The van der Waals surface area contributed by atoms with E-state index in [1.807, 2.05) is 30.3 Å². The van der Waals surface area contributed by atoms with Crippen molar-refractivity contribution in [3.8, 4) is 5.95 Å². The molecule has 72 valence electrons. The highest BCUT2D eigenvalue weighted by molar-refractivity contribution is 5.78. The highest BCUT2D eigenvalue weighted by Gasteiger charge is 2.22. The Morgan fingerprint density at radius 1 is 1.29 bits per heavy atom. The van der Waals surface area contributed by atoms with Crippen LogP contribution in [-0.4, -0.2) is 6.61 Å². The van der Waals surface area contributed by atoms with Crippen molar-refractivity contribution < 1.29 is 9.15 Å². The summed E-state index contributed by atoms with van der Waals surface area (Å²) in [5.41, 5.74) is 0.901. The molecule has 0 radical (unpaired) electrons. The minimum atomic E-state index is 0.651. The van der Waals surface area contributed by atoms with Crippen LogP contribution in [0.1, 0.15) is 12.8 Å². The number of rotatable bonds is 3. The summed E-state index contributed by atoms with van der Waals surface area (Å²) >= 11 is 0. The molecule has 0 N–H and O–H groups in total. The minimum Gasteiger partial charge on any atom is -0.465 e. The van der Waals surface area contributed by atoms with Crippen LogP contribution in [0.25, 0.3) is 11.0 Å². The van der Waals surface area contributed by atoms with Gasteiger partial charge in [-0.3, -0.25) is 0 Å². The lowest BCUT2D eigenvalue weighted by Gasteiger charge is -1.98. The summed E-state index contributed by atoms with van der Waals surface area (Å²) in [6.07, 6.45) is 2.61. The molecule has 1 aromatic carbocycles. The summed E-state index contributed by atoms with van der Waals surface area (Å²) in [4.78, 5) is 0. The van der Waals surface area contributed by atoms with Crippen molar-refractivity contribution in [3.05, 3.63) is 30.3 Å². The fraction of sp³-hybridized carbons (Fsp3) is 0.333. The lowest BCUT2D eigenvalue weighted by molar-refractivity contribution is 0.237. The van der Waals surface area contributed by atoms with Crippen molar-refractivity contribution in [3.63, 3.8) is 0 Å². The van der Waals surface area contributed by atoms with Crippen LogP contribution in [-0.2, 0) is 0 Å². The maximum atomic E-state index is 5.55. The number of hydrogen-bond acceptors (Lipinski definition) is 2. The van der Waals surface area contributed by atoms with E-state index in [0.29, 0.717) is 5.95 Å². The molecule has 0 aliphatic heterocycles. The van der Waals surface area contributed by atoms with Crippen molar-refractivity contribution in [2.45, 2.75) is 12.8 Å². The van der Waals surface area contributed by atoms with E-state index in [-0.39, 0.29) is 0 Å². The van der Waals surface area contributed by atoms with Crippen molar-refractivity contribution in [2.24, 2.45) is 5.92 Å². The third-order valence-electron chi connectivity index (χ3n) is 2.56. The summed E-state index contributed by atoms with van der Waals surface area (Å²) in [6, 6.07) is 9.92. The molecular formula is C12H12O2. The normalized spacial score (nSPS) is 16.0. The molecule has 3 rings (SSSR count). The molecule has 0 unspecified atom stereocenters. The number of ether oxygens (including phenoxy) is 1. The van der Waals surface area contributed by atoms with Gasteiger partial charge in [-0.2, -0.15) is 0 Å². The van der Waals surface area contributed by atoms with Crippen LogP contribution in [0.3, 0.4) is 0 Å². The first-order chi connectivity index (χ1) is 6.92. The van der Waals surface area contributed by atoms with Gasteiger partial charge in [-0.25, -0.2) is 0 Å². The number of benzene rings is 1. The molecule has 1 aliphatic carbocycles. The van der Waals surface area contributed by atoms with Gasteiger partial charge in [0.1, 0.15) is 5.58 Å². The van der Waals surface area contributed by atoms with E-state index in [2.05, 4.69) is 0 Å². The summed E-state index contributed by atoms with van der Waals surface area (Å²) in [7, 11) is 0. The largest absolute Gasteiger partial charge is 0.465 e. The smallest absolute Gasteiger partial charge is 0.285 e. The van der Waals surface area contributed by atoms with Crippen molar-refractivity contribution >= 4 is 11.0 Å². The van der Waals surface area contributed by atoms with Gasteiger partial charge in [0.25, 0.3) is 5.95 Å². The lowest BCUT2D eigenvalue weighted by atomic mass is 10.3. The van der Waals surface area contributed by atoms with Crippen LogP contribution in [0, 0.1) is 5.92 Å². The Labute approximate surface area is 82.5 Å². The second kappa shape index (κ2) is 3.05. The van der Waals surface area contributed by atoms with Gasteiger partial charge < -0.3 is 9.15 Å². The molecule has 14 heavy (non-hydrogen) atoms. The van der Waals surface area contributed by atoms with E-state index in [1.54, 1.807) is 0 Å². The molecule has 1 aliphatic rings. The Kier molecular flexibility index (Phi) is 1.72. The quantitative estimate of drug-likeness (QED) is 0.737. The molecule has 0 saturated heterocycles. The first-order valence-corrected chi connectivity index (χ1v) is 5.03. The first-order valence-electron chi connectivity index (χ1n) is 5.03. The summed E-state index contributed by atoms with van der Waals surface area (Å²) in [5, 5.41) is 1.11. The molecular weight excluding hydrogens is 176 g/mol. The highest BCUT2D eigenvalue weighted by atomic mass is 16.6. The van der Waals surface area contributed by atoms with Crippen molar-refractivity contribution in [1.29, 1.82) is 0 Å². The van der Waals surface area contributed by atoms with E-state index in [9.17, 15) is 0 Å². The lowest BCUT2D eigenvalue weighted by Crippen LogP contribution is -1.97. The fourth-order valence-electron chi connectivity index (χ4n) is 1.51. The van der Waals surface area contributed by atoms with Gasteiger partial charge in [0.15, 0.2) is 0 Å². The molecule has 1 aromatic heterocycles. The molecule has 0 amide bonds. The molecule has 2 aromatic rings. The number of hydrogen-bond donors (Lipinski definition) is 0. The van der Waals surface area contributed by atoms with Crippen LogP contribution in [0.5, 0.6) is 5.95 Å². The number of furan rings is 1. The van der Waals surface area contributed by atoms with E-state index < -0.39 is 0 Å². The maximum Gasteiger partial charge on any atom is 0.285 e. The Hall–Kier alpha value is -1.44. The van der Waals surface area contributed by atoms with Gasteiger partial charge >= 0.3 is 0 Å². The highest BCUT2D eigenvalue weighted by Crippen LogP contribution is 2.31. The predicted molar refractivity (Wildman–Crippen MR) is 54.4 cm³/mol. The Bertz CT molecular complexity index is 407. The van der Waals surface area contributed by atoms with Crippen LogP contribution in [0.4, 0.5) is 0 Å². The Balaban J connectivity index is 1.82. The first kappa shape index (κ1) is 7.92. The fourth-order valence-corrected chi connectivity index (χ4v) is 1.51. The zero-order chi connectivity index (χ0) is 9.38. The predicted octanol–water partition coefficient (Wildman–Crippen LogP) is 3.22. The van der Waals surface area contributed by atoms with Gasteiger partial charge in [0.2, 0.25) is 0 Å². The number of fused-ring (bicyclic) bond motifs is 1. The third kappa shape index (κ3) is 1.48. The minimum absolute atomic E-state index is 0.651. The van der Waals surface area contributed by atoms with Crippen LogP contribution in [0.15, 0.2) is 34.7 Å². The van der Waals surface area contributed by atoms with Gasteiger partial charge in [0.05, 0.1) is 6.61 Å². The van der Waals surface area contributed by atoms with Crippen LogP contribution >= 0.6 is 0 Å². The van der Waals surface area contributed by atoms with Crippen LogP contribution in [0.2, 0.25) is 0 Å². The maximum absolute atomic E-state index is 5.55. The van der Waals surface area contributed by atoms with Gasteiger partial charge in [-0.15, -0.1) is 0 Å². The van der Waals surface area contributed by atoms with Gasteiger partial charge in [-0.05, 0) is 24.8 Å². The average Bonchev–Trinajstić information content (AvgIpc) is 2.94. The number of para-hydroxylation sites is 1. The van der Waals surface area contributed by atoms with E-state index in [4.69, 9.17) is 9.15 Å². The van der Waals surface area contributed by atoms with E-state index in [0.717, 1.165) is 23.5 Å². The molecule has 2 heteroatoms. The molecule has 0 atom stereocenters. The molecule has 2 nitrogen and oxygen atoms in total. The SMILES string of the molecule is c1ccc2oc(OCC3CC3)cc2c1. The van der Waals surface area contributed by atoms with Crippen molar-refractivity contribution in [1.82, 2.24) is 0 Å². The van der Waals surface area contributed by atoms with Gasteiger partial charge in [0, 0.05) is 11.5 Å². The standard InChI is InChI=1S/C12H12O2/c1-2-4-11-10(3-1)7-12(14-11)13-8-9-5-6-9/h1-4,7,9H,5-6,8H2. The van der Waals surface area contributed by atoms with E-state index >= 15 is 0 Å². The summed E-state index contributed by atoms with van der Waals surface area (Å²) in [6.45, 7) is 0.805. The van der Waals surface area contributed by atoms with Gasteiger partial charge in [-0.1, -0.05) is 18.2 Å². The summed E-state index contributed by atoms with van der Waals surface area (Å²) in [5.74, 6) is 1.42. The molecule has 1 heterocycles. The molecule has 0 spiro atoms. The molecule has 1 fully saturated rings. The topological polar surface area (TPSA) is 22.4 Å². The summed E-state index contributed by atoms with van der Waals surface area (Å²) < 4.78 is 11.1. The second-order valence-electron chi connectivity index (χ2n) is 3.86. The molecule has 1 saturated carbocycles.